The van der Waals surface area contributed by atoms with Gasteiger partial charge in [-0.25, -0.2) is 0 Å². The van der Waals surface area contributed by atoms with Crippen LogP contribution in [0.25, 0.3) is 0 Å². The highest BCUT2D eigenvalue weighted by atomic mass is 16.5. The molecule has 0 spiro atoms. The summed E-state index contributed by atoms with van der Waals surface area (Å²) < 4.78 is 9.93. The van der Waals surface area contributed by atoms with Crippen molar-refractivity contribution in [1.29, 1.82) is 0 Å². The number of rotatable bonds is 9. The first kappa shape index (κ1) is 14.8. The molecule has 0 amide bonds. The molecular formula is C11H25NO3. The molecule has 0 aromatic heterocycles. The van der Waals surface area contributed by atoms with E-state index in [-0.39, 0.29) is 0 Å². The molecule has 0 aromatic rings. The molecule has 15 heavy (non-hydrogen) atoms. The Kier molecular flexibility index (Phi) is 7.96. The SMILES string of the molecule is COCCC(C)NCC(C)(O)CCOC. The van der Waals surface area contributed by atoms with Crippen molar-refractivity contribution in [3.05, 3.63) is 0 Å². The van der Waals surface area contributed by atoms with Gasteiger partial charge in [0, 0.05) is 46.4 Å². The number of ether oxygens (including phenoxy) is 2. The second-order valence-electron chi connectivity index (χ2n) is 4.30. The fraction of sp³-hybridized carbons (Fsp3) is 1.00. The quantitative estimate of drug-likeness (QED) is 0.602. The van der Waals surface area contributed by atoms with Gasteiger partial charge in [-0.05, 0) is 20.3 Å². The highest BCUT2D eigenvalue weighted by Gasteiger charge is 2.20. The van der Waals surface area contributed by atoms with Gasteiger partial charge in [0.1, 0.15) is 0 Å². The molecule has 4 nitrogen and oxygen atoms in total. The van der Waals surface area contributed by atoms with Crippen LogP contribution in [0.5, 0.6) is 0 Å². The first-order valence-corrected chi connectivity index (χ1v) is 5.45. The fourth-order valence-corrected chi connectivity index (χ4v) is 1.20. The fourth-order valence-electron chi connectivity index (χ4n) is 1.20. The maximum absolute atomic E-state index is 9.95. The van der Waals surface area contributed by atoms with Crippen LogP contribution >= 0.6 is 0 Å². The molecule has 2 atom stereocenters. The molecule has 0 heterocycles. The Bertz CT molecular complexity index is 151. The van der Waals surface area contributed by atoms with E-state index >= 15 is 0 Å². The van der Waals surface area contributed by atoms with E-state index in [2.05, 4.69) is 12.2 Å². The Morgan fingerprint density at radius 2 is 1.87 bits per heavy atom. The largest absolute Gasteiger partial charge is 0.389 e. The molecule has 0 aliphatic heterocycles. The molecule has 0 saturated carbocycles. The Morgan fingerprint density at radius 3 is 2.40 bits per heavy atom. The van der Waals surface area contributed by atoms with Crippen molar-refractivity contribution in [3.8, 4) is 0 Å². The van der Waals surface area contributed by atoms with E-state index in [0.717, 1.165) is 13.0 Å². The molecule has 0 bridgehead atoms. The van der Waals surface area contributed by atoms with E-state index in [4.69, 9.17) is 9.47 Å². The van der Waals surface area contributed by atoms with E-state index in [0.29, 0.717) is 25.6 Å². The molecule has 92 valence electrons. The van der Waals surface area contributed by atoms with Crippen molar-refractivity contribution >= 4 is 0 Å². The van der Waals surface area contributed by atoms with E-state index < -0.39 is 5.60 Å². The van der Waals surface area contributed by atoms with Crippen LogP contribution in [0, 0.1) is 0 Å². The molecule has 2 N–H and O–H groups in total. The number of aliphatic hydroxyl groups is 1. The highest BCUT2D eigenvalue weighted by molar-refractivity contribution is 4.77. The standard InChI is InChI=1S/C11H25NO3/c1-10(5-7-14-3)12-9-11(2,13)6-8-15-4/h10,12-13H,5-9H2,1-4H3. The molecule has 0 fully saturated rings. The molecule has 0 aliphatic rings. The minimum absolute atomic E-state index is 0.360. The second-order valence-corrected chi connectivity index (χ2v) is 4.30. The van der Waals surface area contributed by atoms with Crippen molar-refractivity contribution in [2.45, 2.75) is 38.3 Å². The van der Waals surface area contributed by atoms with Crippen LogP contribution in [-0.2, 0) is 9.47 Å². The zero-order chi connectivity index (χ0) is 11.7. The maximum Gasteiger partial charge on any atom is 0.0765 e. The van der Waals surface area contributed by atoms with Gasteiger partial charge in [-0.2, -0.15) is 0 Å². The van der Waals surface area contributed by atoms with Crippen LogP contribution in [0.15, 0.2) is 0 Å². The van der Waals surface area contributed by atoms with Gasteiger partial charge in [0.05, 0.1) is 5.60 Å². The number of nitrogens with one attached hydrogen (secondary N) is 1. The van der Waals surface area contributed by atoms with Crippen molar-refractivity contribution in [3.63, 3.8) is 0 Å². The van der Waals surface area contributed by atoms with Crippen molar-refractivity contribution in [2.75, 3.05) is 34.0 Å². The normalized spacial score (nSPS) is 17.4. The Morgan fingerprint density at radius 1 is 1.27 bits per heavy atom. The number of hydrogen-bond donors (Lipinski definition) is 2. The van der Waals surface area contributed by atoms with Gasteiger partial charge in [-0.1, -0.05) is 0 Å². The third kappa shape index (κ3) is 8.81. The van der Waals surface area contributed by atoms with Gasteiger partial charge in [0.25, 0.3) is 0 Å². The smallest absolute Gasteiger partial charge is 0.0765 e. The van der Waals surface area contributed by atoms with Crippen molar-refractivity contribution < 1.29 is 14.6 Å². The average molecular weight is 219 g/mol. The summed E-state index contributed by atoms with van der Waals surface area (Å²) in [5, 5.41) is 13.2. The van der Waals surface area contributed by atoms with E-state index in [1.807, 2.05) is 6.92 Å². The van der Waals surface area contributed by atoms with Gasteiger partial charge < -0.3 is 19.9 Å². The predicted octanol–water partition coefficient (Wildman–Crippen LogP) is 0.788. The molecule has 0 saturated heterocycles. The lowest BCUT2D eigenvalue weighted by molar-refractivity contribution is 0.0223. The van der Waals surface area contributed by atoms with Gasteiger partial charge in [0.15, 0.2) is 0 Å². The summed E-state index contributed by atoms with van der Waals surface area (Å²) in [6.45, 7) is 5.82. The number of hydrogen-bond acceptors (Lipinski definition) is 4. The van der Waals surface area contributed by atoms with Crippen LogP contribution in [0.1, 0.15) is 26.7 Å². The van der Waals surface area contributed by atoms with Crippen LogP contribution in [-0.4, -0.2) is 50.7 Å². The first-order valence-electron chi connectivity index (χ1n) is 5.45. The summed E-state index contributed by atoms with van der Waals surface area (Å²) in [6, 6.07) is 0.360. The monoisotopic (exact) mass is 219 g/mol. The first-order chi connectivity index (χ1) is 7.02. The van der Waals surface area contributed by atoms with Gasteiger partial charge in [0.2, 0.25) is 0 Å². The van der Waals surface area contributed by atoms with E-state index in [1.165, 1.54) is 0 Å². The lowest BCUT2D eigenvalue weighted by atomic mass is 10.0. The van der Waals surface area contributed by atoms with E-state index in [1.54, 1.807) is 14.2 Å². The summed E-state index contributed by atoms with van der Waals surface area (Å²) in [4.78, 5) is 0. The van der Waals surface area contributed by atoms with Crippen LogP contribution in [0.2, 0.25) is 0 Å². The maximum atomic E-state index is 9.95. The van der Waals surface area contributed by atoms with Crippen LogP contribution in [0.4, 0.5) is 0 Å². The summed E-state index contributed by atoms with van der Waals surface area (Å²) in [7, 11) is 3.34. The Hall–Kier alpha value is -0.160. The third-order valence-electron chi connectivity index (χ3n) is 2.43. The average Bonchev–Trinajstić information content (AvgIpc) is 2.21. The molecule has 0 aliphatic carbocycles. The summed E-state index contributed by atoms with van der Waals surface area (Å²) in [5.41, 5.74) is -0.697. The lowest BCUT2D eigenvalue weighted by Gasteiger charge is -2.25. The summed E-state index contributed by atoms with van der Waals surface area (Å²) in [5.74, 6) is 0. The summed E-state index contributed by atoms with van der Waals surface area (Å²) >= 11 is 0. The molecular weight excluding hydrogens is 194 g/mol. The third-order valence-corrected chi connectivity index (χ3v) is 2.43. The van der Waals surface area contributed by atoms with Gasteiger partial charge >= 0.3 is 0 Å². The number of methoxy groups -OCH3 is 2. The molecule has 2 unspecified atom stereocenters. The predicted molar refractivity (Wildman–Crippen MR) is 61.1 cm³/mol. The summed E-state index contributed by atoms with van der Waals surface area (Å²) in [6.07, 6.45) is 1.60. The minimum Gasteiger partial charge on any atom is -0.389 e. The highest BCUT2D eigenvalue weighted by Crippen LogP contribution is 2.08. The van der Waals surface area contributed by atoms with E-state index in [9.17, 15) is 5.11 Å². The van der Waals surface area contributed by atoms with Crippen LogP contribution in [0.3, 0.4) is 0 Å². The van der Waals surface area contributed by atoms with Crippen LogP contribution < -0.4 is 5.32 Å². The molecule has 0 radical (unpaired) electrons. The van der Waals surface area contributed by atoms with Crippen molar-refractivity contribution in [2.24, 2.45) is 0 Å². The zero-order valence-electron chi connectivity index (χ0n) is 10.4. The lowest BCUT2D eigenvalue weighted by Crippen LogP contribution is -2.42. The second kappa shape index (κ2) is 8.05. The molecule has 0 aromatic carbocycles. The Labute approximate surface area is 93.0 Å². The Balaban J connectivity index is 3.62. The van der Waals surface area contributed by atoms with Crippen molar-refractivity contribution in [1.82, 2.24) is 5.32 Å². The molecule has 4 heteroatoms. The topological polar surface area (TPSA) is 50.7 Å². The molecule has 0 rings (SSSR count). The minimum atomic E-state index is -0.697. The zero-order valence-corrected chi connectivity index (χ0v) is 10.4. The van der Waals surface area contributed by atoms with Gasteiger partial charge in [-0.3, -0.25) is 0 Å². The van der Waals surface area contributed by atoms with Gasteiger partial charge in [-0.15, -0.1) is 0 Å².